The van der Waals surface area contributed by atoms with Gasteiger partial charge in [-0.1, -0.05) is 11.6 Å². The van der Waals surface area contributed by atoms with E-state index in [1.165, 1.54) is 18.2 Å². The van der Waals surface area contributed by atoms with Gasteiger partial charge in [0.25, 0.3) is 5.69 Å². The molecule has 0 unspecified atom stereocenters. The van der Waals surface area contributed by atoms with Crippen molar-refractivity contribution >= 4 is 28.9 Å². The highest BCUT2D eigenvalue weighted by Gasteiger charge is 2.13. The second-order valence-corrected chi connectivity index (χ2v) is 3.64. The lowest BCUT2D eigenvalue weighted by molar-refractivity contribution is -0.384. The molecule has 98 valence electrons. The van der Waals surface area contributed by atoms with Crippen molar-refractivity contribution in [2.75, 3.05) is 12.4 Å². The van der Waals surface area contributed by atoms with E-state index in [9.17, 15) is 14.9 Å². The quantitative estimate of drug-likeness (QED) is 0.298. The molecule has 7 nitrogen and oxygen atoms in total. The Morgan fingerprint density at radius 1 is 1.63 bits per heavy atom. The van der Waals surface area contributed by atoms with Crippen molar-refractivity contribution in [3.8, 4) is 6.07 Å². The van der Waals surface area contributed by atoms with Gasteiger partial charge in [-0.3, -0.25) is 10.1 Å². The van der Waals surface area contributed by atoms with E-state index in [0.29, 0.717) is 5.69 Å². The lowest BCUT2D eigenvalue weighted by Gasteiger charge is -2.02. The first kappa shape index (κ1) is 14.5. The van der Waals surface area contributed by atoms with Gasteiger partial charge in [0, 0.05) is 18.0 Å². The van der Waals surface area contributed by atoms with Crippen LogP contribution < -0.4 is 5.32 Å². The fourth-order valence-corrected chi connectivity index (χ4v) is 1.33. The Balaban J connectivity index is 2.98. The Morgan fingerprint density at radius 2 is 2.32 bits per heavy atom. The number of methoxy groups -OCH3 is 1. The molecule has 0 saturated carbocycles. The van der Waals surface area contributed by atoms with Crippen LogP contribution in [0.25, 0.3) is 0 Å². The number of halogens is 1. The highest BCUT2D eigenvalue weighted by molar-refractivity contribution is 6.32. The maximum Gasteiger partial charge on any atom is 0.350 e. The van der Waals surface area contributed by atoms with Crippen molar-refractivity contribution in [3.63, 3.8) is 0 Å². The molecule has 0 aromatic heterocycles. The van der Waals surface area contributed by atoms with Crippen molar-refractivity contribution in [3.05, 3.63) is 45.1 Å². The van der Waals surface area contributed by atoms with Gasteiger partial charge in [-0.2, -0.15) is 5.26 Å². The molecule has 1 rings (SSSR count). The average Bonchev–Trinajstić information content (AvgIpc) is 2.40. The zero-order chi connectivity index (χ0) is 14.4. The van der Waals surface area contributed by atoms with Crippen molar-refractivity contribution < 1.29 is 14.5 Å². The van der Waals surface area contributed by atoms with Gasteiger partial charge in [-0.25, -0.2) is 4.79 Å². The topological polar surface area (TPSA) is 105 Å². The van der Waals surface area contributed by atoms with Crippen LogP contribution in [0.15, 0.2) is 30.0 Å². The molecule has 1 aromatic carbocycles. The fourth-order valence-electron chi connectivity index (χ4n) is 1.14. The molecule has 0 radical (unpaired) electrons. The molecule has 1 N–H and O–H groups in total. The number of nitrogens with zero attached hydrogens (tertiary/aromatic N) is 2. The van der Waals surface area contributed by atoms with Crippen molar-refractivity contribution in [2.24, 2.45) is 0 Å². The third kappa shape index (κ3) is 3.69. The van der Waals surface area contributed by atoms with Crippen LogP contribution in [0.3, 0.4) is 0 Å². The van der Waals surface area contributed by atoms with Crippen LogP contribution in [-0.4, -0.2) is 18.0 Å². The summed E-state index contributed by atoms with van der Waals surface area (Å²) in [5.74, 6) is -0.807. The molecule has 0 amide bonds. The number of benzene rings is 1. The zero-order valence-corrected chi connectivity index (χ0v) is 10.5. The van der Waals surface area contributed by atoms with E-state index in [0.717, 1.165) is 13.3 Å². The molecule has 0 aliphatic heterocycles. The lowest BCUT2D eigenvalue weighted by atomic mass is 10.2. The molecular formula is C11H8ClN3O4. The van der Waals surface area contributed by atoms with Gasteiger partial charge in [0.05, 0.1) is 12.0 Å². The number of nitrogens with one attached hydrogen (secondary N) is 1. The van der Waals surface area contributed by atoms with E-state index >= 15 is 0 Å². The third-order valence-electron chi connectivity index (χ3n) is 2.05. The average molecular weight is 282 g/mol. The van der Waals surface area contributed by atoms with Gasteiger partial charge < -0.3 is 10.1 Å². The molecule has 0 atom stereocenters. The molecule has 1 aromatic rings. The molecule has 8 heteroatoms. The van der Waals surface area contributed by atoms with Crippen LogP contribution in [0.4, 0.5) is 11.4 Å². The smallest absolute Gasteiger partial charge is 0.350 e. The molecule has 0 saturated heterocycles. The van der Waals surface area contributed by atoms with E-state index < -0.39 is 10.9 Å². The summed E-state index contributed by atoms with van der Waals surface area (Å²) >= 11 is 5.64. The third-order valence-corrected chi connectivity index (χ3v) is 2.37. The maximum absolute atomic E-state index is 11.1. The Morgan fingerprint density at radius 3 is 2.84 bits per heavy atom. The molecule has 0 aliphatic rings. The standard InChI is InChI=1S/C11H8ClN3O4/c1-19-11(16)7(5-13)6-14-8-2-3-9(12)10(4-8)15(17)18/h2-4,6,14H,1H3/b7-6+. The summed E-state index contributed by atoms with van der Waals surface area (Å²) in [4.78, 5) is 21.1. The van der Waals surface area contributed by atoms with Gasteiger partial charge >= 0.3 is 5.97 Å². The first-order valence-electron chi connectivity index (χ1n) is 4.88. The van der Waals surface area contributed by atoms with Crippen LogP contribution in [0.1, 0.15) is 0 Å². The minimum Gasteiger partial charge on any atom is -0.465 e. The van der Waals surface area contributed by atoms with Crippen molar-refractivity contribution in [1.82, 2.24) is 0 Å². The molecule has 0 aliphatic carbocycles. The molecule has 0 spiro atoms. The number of hydrogen-bond donors (Lipinski definition) is 1. The number of ether oxygens (including phenoxy) is 1. The van der Waals surface area contributed by atoms with Crippen molar-refractivity contribution in [1.29, 1.82) is 5.26 Å². The fraction of sp³-hybridized carbons (Fsp3) is 0.0909. The summed E-state index contributed by atoms with van der Waals surface area (Å²) < 4.78 is 4.37. The summed E-state index contributed by atoms with van der Waals surface area (Å²) in [5, 5.41) is 22.0. The Labute approximate surface area is 113 Å². The second kappa shape index (κ2) is 6.37. The highest BCUT2D eigenvalue weighted by Crippen LogP contribution is 2.27. The van der Waals surface area contributed by atoms with E-state index in [2.05, 4.69) is 10.1 Å². The number of rotatable bonds is 4. The summed E-state index contributed by atoms with van der Waals surface area (Å²) in [5.41, 5.74) is -0.232. The highest BCUT2D eigenvalue weighted by atomic mass is 35.5. The molecule has 0 heterocycles. The zero-order valence-electron chi connectivity index (χ0n) is 9.71. The molecule has 0 bridgehead atoms. The molecule has 0 fully saturated rings. The minimum atomic E-state index is -0.807. The van der Waals surface area contributed by atoms with E-state index in [1.54, 1.807) is 6.07 Å². The van der Waals surface area contributed by atoms with Gasteiger partial charge in [0.15, 0.2) is 5.57 Å². The summed E-state index contributed by atoms with van der Waals surface area (Å²) in [6.07, 6.45) is 1.10. The van der Waals surface area contributed by atoms with E-state index in [1.807, 2.05) is 0 Å². The maximum atomic E-state index is 11.1. The number of carbonyl (C=O) groups is 1. The first-order chi connectivity index (χ1) is 8.99. The predicted octanol–water partition coefficient (Wildman–Crippen LogP) is 2.24. The second-order valence-electron chi connectivity index (χ2n) is 3.23. The van der Waals surface area contributed by atoms with Gasteiger partial charge in [-0.05, 0) is 12.1 Å². The summed E-state index contributed by atoms with van der Waals surface area (Å²) in [6.45, 7) is 0. The van der Waals surface area contributed by atoms with Gasteiger partial charge in [-0.15, -0.1) is 0 Å². The Hall–Kier alpha value is -2.59. The van der Waals surface area contributed by atoms with Crippen molar-refractivity contribution in [2.45, 2.75) is 0 Å². The first-order valence-corrected chi connectivity index (χ1v) is 5.26. The van der Waals surface area contributed by atoms with E-state index in [-0.39, 0.29) is 16.3 Å². The number of hydrogen-bond acceptors (Lipinski definition) is 6. The predicted molar refractivity (Wildman–Crippen MR) is 67.4 cm³/mol. The Bertz CT molecular complexity index is 592. The van der Waals surface area contributed by atoms with Crippen LogP contribution >= 0.6 is 11.6 Å². The number of nitriles is 1. The molecule has 19 heavy (non-hydrogen) atoms. The SMILES string of the molecule is COC(=O)/C(C#N)=C/Nc1ccc(Cl)c([N+](=O)[O-])c1. The monoisotopic (exact) mass is 281 g/mol. The van der Waals surface area contributed by atoms with Crippen LogP contribution in [0, 0.1) is 21.4 Å². The lowest BCUT2D eigenvalue weighted by Crippen LogP contribution is -2.05. The van der Waals surface area contributed by atoms with Gasteiger partial charge in [0.1, 0.15) is 11.1 Å². The van der Waals surface area contributed by atoms with Gasteiger partial charge in [0.2, 0.25) is 0 Å². The Kier molecular flexibility index (Phi) is 4.85. The van der Waals surface area contributed by atoms with Crippen LogP contribution in [0.2, 0.25) is 5.02 Å². The minimum absolute atomic E-state index is 0.00648. The largest absolute Gasteiger partial charge is 0.465 e. The van der Waals surface area contributed by atoms with E-state index in [4.69, 9.17) is 16.9 Å². The number of carbonyl (C=O) groups excluding carboxylic acids is 1. The number of anilines is 1. The summed E-state index contributed by atoms with van der Waals surface area (Å²) in [6, 6.07) is 5.63. The number of esters is 1. The van der Waals surface area contributed by atoms with Crippen LogP contribution in [0.5, 0.6) is 0 Å². The van der Waals surface area contributed by atoms with Crippen LogP contribution in [-0.2, 0) is 9.53 Å². The molecular weight excluding hydrogens is 274 g/mol. The summed E-state index contributed by atoms with van der Waals surface area (Å²) in [7, 11) is 1.14. The normalized spacial score (nSPS) is 10.5. The number of nitro groups is 1. The number of nitro benzene ring substituents is 1.